The Morgan fingerprint density at radius 3 is 2.84 bits per heavy atom. The number of anilines is 1. The molecule has 0 aliphatic carbocycles. The van der Waals surface area contributed by atoms with Crippen molar-refractivity contribution in [3.05, 3.63) is 29.6 Å². The smallest absolute Gasteiger partial charge is 0.253 e. The van der Waals surface area contributed by atoms with Gasteiger partial charge in [-0.1, -0.05) is 0 Å². The lowest BCUT2D eigenvalue weighted by molar-refractivity contribution is 0.0383. The van der Waals surface area contributed by atoms with Crippen molar-refractivity contribution >= 4 is 11.6 Å². The number of halogens is 1. The van der Waals surface area contributed by atoms with Gasteiger partial charge >= 0.3 is 0 Å². The molecule has 0 bridgehead atoms. The summed E-state index contributed by atoms with van der Waals surface area (Å²) in [5, 5.41) is 2.78. The number of nitrogens with one attached hydrogen (secondary N) is 1. The van der Waals surface area contributed by atoms with E-state index in [4.69, 9.17) is 10.5 Å². The normalized spacial score (nSPS) is 16.3. The minimum Gasteiger partial charge on any atom is -0.398 e. The molecule has 1 amide bonds. The average molecular weight is 267 g/mol. The second kappa shape index (κ2) is 6.49. The summed E-state index contributed by atoms with van der Waals surface area (Å²) in [5.74, 6) is -0.715. The Morgan fingerprint density at radius 1 is 1.42 bits per heavy atom. The maximum Gasteiger partial charge on any atom is 0.253 e. The van der Waals surface area contributed by atoms with Gasteiger partial charge in [0.25, 0.3) is 5.91 Å². The molecule has 1 aliphatic rings. The molecule has 1 fully saturated rings. The quantitative estimate of drug-likeness (QED) is 0.778. The van der Waals surface area contributed by atoms with Gasteiger partial charge in [-0.25, -0.2) is 4.39 Å². The molecule has 5 nitrogen and oxygen atoms in total. The number of carbonyl (C=O) groups excluding carboxylic acids is 1. The van der Waals surface area contributed by atoms with Gasteiger partial charge in [-0.2, -0.15) is 0 Å². The zero-order chi connectivity index (χ0) is 13.7. The Hall–Kier alpha value is -1.66. The predicted molar refractivity (Wildman–Crippen MR) is 70.4 cm³/mol. The molecular weight excluding hydrogens is 249 g/mol. The molecule has 0 saturated carbocycles. The van der Waals surface area contributed by atoms with Gasteiger partial charge in [-0.3, -0.25) is 9.69 Å². The molecule has 1 aliphatic heterocycles. The van der Waals surface area contributed by atoms with E-state index < -0.39 is 5.82 Å². The van der Waals surface area contributed by atoms with Crippen LogP contribution in [0.15, 0.2) is 18.2 Å². The largest absolute Gasteiger partial charge is 0.398 e. The third-order valence-electron chi connectivity index (χ3n) is 3.08. The monoisotopic (exact) mass is 267 g/mol. The molecule has 3 N–H and O–H groups in total. The molecule has 0 unspecified atom stereocenters. The summed E-state index contributed by atoms with van der Waals surface area (Å²) < 4.78 is 18.1. The van der Waals surface area contributed by atoms with E-state index in [-0.39, 0.29) is 11.6 Å². The standard InChI is InChI=1S/C13H18FN3O2/c14-10-1-2-11(12(15)9-10)13(18)16-3-4-17-5-7-19-8-6-17/h1-2,9H,3-8,15H2,(H,16,18). The van der Waals surface area contributed by atoms with Gasteiger partial charge in [0, 0.05) is 31.9 Å². The number of nitrogen functional groups attached to an aromatic ring is 1. The van der Waals surface area contributed by atoms with Crippen LogP contribution < -0.4 is 11.1 Å². The fourth-order valence-corrected chi connectivity index (χ4v) is 1.99. The molecule has 1 saturated heterocycles. The van der Waals surface area contributed by atoms with E-state index in [1.54, 1.807) is 0 Å². The summed E-state index contributed by atoms with van der Waals surface area (Å²) >= 11 is 0. The summed E-state index contributed by atoms with van der Waals surface area (Å²) in [6.07, 6.45) is 0. The van der Waals surface area contributed by atoms with Crippen LogP contribution in [0.5, 0.6) is 0 Å². The van der Waals surface area contributed by atoms with E-state index in [1.165, 1.54) is 12.1 Å². The molecule has 0 aromatic heterocycles. The molecule has 104 valence electrons. The van der Waals surface area contributed by atoms with Crippen molar-refractivity contribution in [2.24, 2.45) is 0 Å². The van der Waals surface area contributed by atoms with Crippen molar-refractivity contribution in [1.29, 1.82) is 0 Å². The maximum atomic E-state index is 12.9. The molecule has 1 heterocycles. The lowest BCUT2D eigenvalue weighted by atomic mass is 10.1. The first kappa shape index (κ1) is 13.8. The van der Waals surface area contributed by atoms with Crippen molar-refractivity contribution in [3.8, 4) is 0 Å². The van der Waals surface area contributed by atoms with E-state index in [0.29, 0.717) is 12.1 Å². The number of hydrogen-bond donors (Lipinski definition) is 2. The minimum absolute atomic E-state index is 0.156. The van der Waals surface area contributed by atoms with Crippen LogP contribution in [-0.2, 0) is 4.74 Å². The first-order valence-corrected chi connectivity index (χ1v) is 6.30. The van der Waals surface area contributed by atoms with Gasteiger partial charge in [0.05, 0.1) is 18.8 Å². The number of amides is 1. The number of carbonyl (C=O) groups is 1. The van der Waals surface area contributed by atoms with Gasteiger partial charge in [0.15, 0.2) is 0 Å². The Bertz CT molecular complexity index is 448. The van der Waals surface area contributed by atoms with Gasteiger partial charge in [0.1, 0.15) is 5.82 Å². The molecular formula is C13H18FN3O2. The van der Waals surface area contributed by atoms with Crippen LogP contribution in [0.3, 0.4) is 0 Å². The number of morpholine rings is 1. The van der Waals surface area contributed by atoms with Crippen LogP contribution in [0.1, 0.15) is 10.4 Å². The molecule has 0 radical (unpaired) electrons. The summed E-state index contributed by atoms with van der Waals surface area (Å²) in [6, 6.07) is 3.78. The highest BCUT2D eigenvalue weighted by atomic mass is 19.1. The van der Waals surface area contributed by atoms with E-state index in [9.17, 15) is 9.18 Å². The predicted octanol–water partition coefficient (Wildman–Crippen LogP) is 0.470. The summed E-state index contributed by atoms with van der Waals surface area (Å²) in [4.78, 5) is 14.1. The molecule has 1 aromatic rings. The van der Waals surface area contributed by atoms with Crippen LogP contribution >= 0.6 is 0 Å². The highest BCUT2D eigenvalue weighted by molar-refractivity contribution is 5.99. The molecule has 19 heavy (non-hydrogen) atoms. The second-order valence-corrected chi connectivity index (χ2v) is 4.44. The van der Waals surface area contributed by atoms with Crippen LogP contribution in [0, 0.1) is 5.82 Å². The third kappa shape index (κ3) is 3.90. The van der Waals surface area contributed by atoms with E-state index in [0.717, 1.165) is 38.9 Å². The topological polar surface area (TPSA) is 67.6 Å². The number of nitrogens with zero attached hydrogens (tertiary/aromatic N) is 1. The first-order chi connectivity index (χ1) is 9.16. The SMILES string of the molecule is Nc1cc(F)ccc1C(=O)NCCN1CCOCC1. The average Bonchev–Trinajstić information content (AvgIpc) is 2.39. The van der Waals surface area contributed by atoms with Crippen LogP contribution in [0.2, 0.25) is 0 Å². The van der Waals surface area contributed by atoms with Crippen LogP contribution in [-0.4, -0.2) is 50.2 Å². The highest BCUT2D eigenvalue weighted by Gasteiger charge is 2.12. The first-order valence-electron chi connectivity index (χ1n) is 6.30. The minimum atomic E-state index is -0.442. The van der Waals surface area contributed by atoms with Crippen LogP contribution in [0.25, 0.3) is 0 Å². The molecule has 1 aromatic carbocycles. The van der Waals surface area contributed by atoms with Crippen LogP contribution in [0.4, 0.5) is 10.1 Å². The van der Waals surface area contributed by atoms with E-state index >= 15 is 0 Å². The zero-order valence-corrected chi connectivity index (χ0v) is 10.7. The lowest BCUT2D eigenvalue weighted by Crippen LogP contribution is -2.41. The summed E-state index contributed by atoms with van der Waals surface area (Å²) in [6.45, 7) is 4.55. The van der Waals surface area contributed by atoms with E-state index in [1.807, 2.05) is 0 Å². The van der Waals surface area contributed by atoms with Gasteiger partial charge in [-0.05, 0) is 18.2 Å². The van der Waals surface area contributed by atoms with Crippen molar-refractivity contribution in [1.82, 2.24) is 10.2 Å². The number of nitrogens with two attached hydrogens (primary N) is 1. The van der Waals surface area contributed by atoms with E-state index in [2.05, 4.69) is 10.2 Å². The number of hydrogen-bond acceptors (Lipinski definition) is 4. The van der Waals surface area contributed by atoms with Crippen molar-refractivity contribution in [3.63, 3.8) is 0 Å². The Labute approximate surface area is 111 Å². The van der Waals surface area contributed by atoms with Gasteiger partial charge < -0.3 is 15.8 Å². The fraction of sp³-hybridized carbons (Fsp3) is 0.462. The molecule has 6 heteroatoms. The highest BCUT2D eigenvalue weighted by Crippen LogP contribution is 2.12. The summed E-state index contributed by atoms with van der Waals surface area (Å²) in [7, 11) is 0. The Balaban J connectivity index is 1.80. The van der Waals surface area contributed by atoms with Crippen molar-refractivity contribution < 1.29 is 13.9 Å². The van der Waals surface area contributed by atoms with Crippen molar-refractivity contribution in [2.75, 3.05) is 45.1 Å². The maximum absolute atomic E-state index is 12.9. The fourth-order valence-electron chi connectivity index (χ4n) is 1.99. The number of ether oxygens (including phenoxy) is 1. The second-order valence-electron chi connectivity index (χ2n) is 4.44. The number of benzene rings is 1. The molecule has 0 atom stereocenters. The summed E-state index contributed by atoms with van der Waals surface area (Å²) in [5.41, 5.74) is 6.07. The Kier molecular flexibility index (Phi) is 4.70. The lowest BCUT2D eigenvalue weighted by Gasteiger charge is -2.26. The molecule has 0 spiro atoms. The Morgan fingerprint density at radius 2 is 2.16 bits per heavy atom. The van der Waals surface area contributed by atoms with Gasteiger partial charge in [-0.15, -0.1) is 0 Å². The van der Waals surface area contributed by atoms with Gasteiger partial charge in [0.2, 0.25) is 0 Å². The van der Waals surface area contributed by atoms with Crippen molar-refractivity contribution in [2.45, 2.75) is 0 Å². The number of rotatable bonds is 4. The molecule has 2 rings (SSSR count). The zero-order valence-electron chi connectivity index (χ0n) is 10.7. The third-order valence-corrected chi connectivity index (χ3v) is 3.08.